The molecule has 2 aromatic heterocycles. The highest BCUT2D eigenvalue weighted by Crippen LogP contribution is 2.41. The Morgan fingerprint density at radius 2 is 2.00 bits per heavy atom. The van der Waals surface area contributed by atoms with Gasteiger partial charge in [0.1, 0.15) is 5.75 Å². The van der Waals surface area contributed by atoms with Crippen molar-refractivity contribution in [1.82, 2.24) is 19.9 Å². The Labute approximate surface area is 210 Å². The highest BCUT2D eigenvalue weighted by molar-refractivity contribution is 5.98. The summed E-state index contributed by atoms with van der Waals surface area (Å²) in [6.07, 6.45) is 5.84. The average Bonchev–Trinajstić information content (AvgIpc) is 3.24. The summed E-state index contributed by atoms with van der Waals surface area (Å²) in [5.74, 6) is 2.20. The van der Waals surface area contributed by atoms with E-state index in [2.05, 4.69) is 15.4 Å². The fraction of sp³-hybridized carbons (Fsp3) is 0.296. The summed E-state index contributed by atoms with van der Waals surface area (Å²) < 4.78 is 7.12. The highest BCUT2D eigenvalue weighted by atomic mass is 35.5. The zero-order valence-electron chi connectivity index (χ0n) is 19.7. The largest absolute Gasteiger partial charge is 0.497 e. The van der Waals surface area contributed by atoms with Crippen molar-refractivity contribution in [3.63, 3.8) is 0 Å². The van der Waals surface area contributed by atoms with Crippen molar-refractivity contribution in [1.29, 1.82) is 0 Å². The molecule has 3 atom stereocenters. The van der Waals surface area contributed by atoms with E-state index in [1.54, 1.807) is 7.11 Å². The number of piperidine rings is 1. The van der Waals surface area contributed by atoms with E-state index >= 15 is 0 Å². The molecule has 8 heteroatoms. The Balaban J connectivity index is 0.00000253. The smallest absolute Gasteiger partial charge is 0.244 e. The quantitative estimate of drug-likeness (QED) is 0.434. The zero-order chi connectivity index (χ0) is 23.2. The molecule has 1 saturated heterocycles. The van der Waals surface area contributed by atoms with E-state index < -0.39 is 0 Å². The van der Waals surface area contributed by atoms with Gasteiger partial charge in [0.05, 0.1) is 31.4 Å². The molecule has 1 N–H and O–H groups in total. The van der Waals surface area contributed by atoms with Gasteiger partial charge in [-0.1, -0.05) is 18.2 Å². The molecule has 0 unspecified atom stereocenters. The Hall–Kier alpha value is -3.42. The Bertz CT molecular complexity index is 1360. The first-order valence-corrected chi connectivity index (χ1v) is 11.7. The zero-order valence-corrected chi connectivity index (χ0v) is 20.5. The predicted molar refractivity (Wildman–Crippen MR) is 138 cm³/mol. The van der Waals surface area contributed by atoms with Crippen molar-refractivity contribution in [2.24, 2.45) is 5.92 Å². The highest BCUT2D eigenvalue weighted by Gasteiger charge is 2.48. The van der Waals surface area contributed by atoms with Crippen molar-refractivity contribution in [2.45, 2.75) is 38.4 Å². The number of fused-ring (bicyclic) bond motifs is 2. The van der Waals surface area contributed by atoms with Crippen LogP contribution in [-0.4, -0.2) is 39.7 Å². The summed E-state index contributed by atoms with van der Waals surface area (Å²) in [5, 5.41) is 8.20. The molecule has 0 spiro atoms. The molecular weight excluding hydrogens is 462 g/mol. The minimum Gasteiger partial charge on any atom is -0.497 e. The van der Waals surface area contributed by atoms with Gasteiger partial charge >= 0.3 is 0 Å². The van der Waals surface area contributed by atoms with Crippen molar-refractivity contribution in [3.05, 3.63) is 78.1 Å². The van der Waals surface area contributed by atoms with Gasteiger partial charge in [-0.15, -0.1) is 17.5 Å². The van der Waals surface area contributed by atoms with Crippen LogP contribution in [-0.2, 0) is 11.3 Å². The number of halogens is 1. The number of methoxy groups -OCH3 is 1. The minimum absolute atomic E-state index is 0. The molecule has 6 rings (SSSR count). The molecule has 3 heterocycles. The van der Waals surface area contributed by atoms with Gasteiger partial charge in [0.2, 0.25) is 5.91 Å². The van der Waals surface area contributed by atoms with E-state index in [1.807, 2.05) is 83.3 Å². The maximum absolute atomic E-state index is 13.7. The number of rotatable bonds is 6. The van der Waals surface area contributed by atoms with Crippen LogP contribution in [0.5, 0.6) is 5.75 Å². The molecule has 0 radical (unpaired) electrons. The van der Waals surface area contributed by atoms with Crippen molar-refractivity contribution < 1.29 is 9.53 Å². The molecular formula is C27H28ClN5O2. The number of hydrogen-bond acceptors (Lipinski definition) is 5. The Kier molecular flexibility index (Phi) is 6.21. The Morgan fingerprint density at radius 1 is 1.17 bits per heavy atom. The third-order valence-electron chi connectivity index (χ3n) is 6.99. The first-order valence-electron chi connectivity index (χ1n) is 11.7. The van der Waals surface area contributed by atoms with Crippen LogP contribution >= 0.6 is 12.4 Å². The van der Waals surface area contributed by atoms with Crippen LogP contribution in [0.25, 0.3) is 16.9 Å². The van der Waals surface area contributed by atoms with E-state index in [4.69, 9.17) is 4.74 Å². The van der Waals surface area contributed by atoms with E-state index in [0.29, 0.717) is 24.3 Å². The van der Waals surface area contributed by atoms with Crippen LogP contribution in [0.4, 0.5) is 5.69 Å². The number of amides is 1. The number of aromatic nitrogens is 3. The summed E-state index contributed by atoms with van der Waals surface area (Å²) in [7, 11) is 1.66. The topological polar surface area (TPSA) is 71.8 Å². The summed E-state index contributed by atoms with van der Waals surface area (Å²) in [6.45, 7) is 2.53. The molecule has 1 amide bonds. The van der Waals surface area contributed by atoms with E-state index in [0.717, 1.165) is 40.1 Å². The molecule has 180 valence electrons. The molecule has 2 fully saturated rings. The van der Waals surface area contributed by atoms with Gasteiger partial charge in [-0.25, -0.2) is 9.50 Å². The van der Waals surface area contributed by atoms with Gasteiger partial charge in [-0.2, -0.15) is 0 Å². The number of carbonyl (C=O) groups is 1. The summed E-state index contributed by atoms with van der Waals surface area (Å²) >= 11 is 0. The van der Waals surface area contributed by atoms with Crippen LogP contribution in [0, 0.1) is 12.8 Å². The first-order chi connectivity index (χ1) is 16.6. The van der Waals surface area contributed by atoms with Crippen LogP contribution in [0.3, 0.4) is 0 Å². The third kappa shape index (κ3) is 4.49. The van der Waals surface area contributed by atoms with Gasteiger partial charge in [0.15, 0.2) is 5.82 Å². The lowest BCUT2D eigenvalue weighted by Crippen LogP contribution is -2.45. The van der Waals surface area contributed by atoms with Crippen molar-refractivity contribution in [2.75, 3.05) is 12.0 Å². The number of benzene rings is 2. The van der Waals surface area contributed by atoms with Gasteiger partial charge in [0.25, 0.3) is 0 Å². The molecule has 1 saturated carbocycles. The first kappa shape index (κ1) is 23.3. The molecule has 2 aliphatic rings. The number of nitrogens with one attached hydrogen (secondary N) is 1. The second-order valence-corrected chi connectivity index (χ2v) is 9.29. The standard InChI is InChI=1S/C27H27N5O2.ClH/c1-17-5-8-20(14-23(17)26-28-15-21-4-3-11-32(21)30-26)31(16-18-6-9-22(34-2)10-7-18)27(33)25-13-19-12-24(19)29-25;/h3-11,14-15,19,24-25,29H,12-13,16H2,1-2H3;1H/t19-,24-,25-;/m1./s1. The molecule has 2 aromatic carbocycles. The number of carbonyl (C=O) groups excluding carboxylic acids is 1. The minimum atomic E-state index is -0.140. The number of anilines is 1. The molecule has 1 aliphatic heterocycles. The number of aryl methyl sites for hydroxylation is 1. The summed E-state index contributed by atoms with van der Waals surface area (Å²) in [6, 6.07) is 18.3. The van der Waals surface area contributed by atoms with Gasteiger partial charge in [-0.3, -0.25) is 4.79 Å². The second kappa shape index (κ2) is 9.32. The van der Waals surface area contributed by atoms with Crippen LogP contribution < -0.4 is 15.0 Å². The van der Waals surface area contributed by atoms with Crippen molar-refractivity contribution >= 4 is 29.5 Å². The van der Waals surface area contributed by atoms with Gasteiger partial charge in [0, 0.05) is 23.5 Å². The molecule has 4 aromatic rings. The van der Waals surface area contributed by atoms with Crippen LogP contribution in [0.1, 0.15) is 24.0 Å². The normalized spacial score (nSPS) is 20.2. The van der Waals surface area contributed by atoms with Gasteiger partial charge in [-0.05, 0) is 73.2 Å². The number of nitrogens with zero attached hydrogens (tertiary/aromatic N) is 4. The van der Waals surface area contributed by atoms with Crippen molar-refractivity contribution in [3.8, 4) is 17.1 Å². The van der Waals surface area contributed by atoms with Crippen LogP contribution in [0.2, 0.25) is 0 Å². The second-order valence-electron chi connectivity index (χ2n) is 9.29. The summed E-state index contributed by atoms with van der Waals surface area (Å²) in [4.78, 5) is 20.2. The predicted octanol–water partition coefficient (Wildman–Crippen LogP) is 4.42. The SMILES string of the molecule is COc1ccc(CN(C(=O)[C@H]2C[C@H]3C[C@H]3N2)c2ccc(C)c(-c3ncc4cccn4n3)c2)cc1.Cl. The fourth-order valence-electron chi connectivity index (χ4n) is 4.89. The molecule has 35 heavy (non-hydrogen) atoms. The van der Waals surface area contributed by atoms with E-state index in [1.165, 1.54) is 6.42 Å². The lowest BCUT2D eigenvalue weighted by molar-refractivity contribution is -0.120. The third-order valence-corrected chi connectivity index (χ3v) is 6.99. The average molecular weight is 490 g/mol. The lowest BCUT2D eigenvalue weighted by Gasteiger charge is -2.27. The number of ether oxygens (including phenoxy) is 1. The van der Waals surface area contributed by atoms with Crippen LogP contribution in [0.15, 0.2) is 67.0 Å². The van der Waals surface area contributed by atoms with E-state index in [9.17, 15) is 4.79 Å². The Morgan fingerprint density at radius 3 is 2.74 bits per heavy atom. The maximum Gasteiger partial charge on any atom is 0.244 e. The summed E-state index contributed by atoms with van der Waals surface area (Å²) in [5.41, 5.74) is 4.82. The van der Waals surface area contributed by atoms with Gasteiger partial charge < -0.3 is 15.0 Å². The molecule has 7 nitrogen and oxygen atoms in total. The monoisotopic (exact) mass is 489 g/mol. The lowest BCUT2D eigenvalue weighted by atomic mass is 10.0. The fourth-order valence-corrected chi connectivity index (χ4v) is 4.89. The number of hydrogen-bond donors (Lipinski definition) is 1. The maximum atomic E-state index is 13.7. The molecule has 0 bridgehead atoms. The van der Waals surface area contributed by atoms with E-state index in [-0.39, 0.29) is 24.4 Å². The molecule has 1 aliphatic carbocycles.